The van der Waals surface area contributed by atoms with E-state index < -0.39 is 5.97 Å². The quantitative estimate of drug-likeness (QED) is 0.903. The van der Waals surface area contributed by atoms with Crippen LogP contribution in [0.15, 0.2) is 36.4 Å². The van der Waals surface area contributed by atoms with E-state index in [0.29, 0.717) is 11.3 Å². The van der Waals surface area contributed by atoms with Crippen LogP contribution in [-0.2, 0) is 0 Å². The monoisotopic (exact) mass is 303 g/mol. The Kier molecular flexibility index (Phi) is 4.29. The lowest BCUT2D eigenvalue weighted by Gasteiger charge is -2.10. The van der Waals surface area contributed by atoms with E-state index in [4.69, 9.17) is 16.7 Å². The van der Waals surface area contributed by atoms with Crippen LogP contribution < -0.4 is 5.32 Å². The molecule has 4 nitrogen and oxygen atoms in total. The molecule has 0 heterocycles. The van der Waals surface area contributed by atoms with Crippen LogP contribution in [0.4, 0.5) is 5.69 Å². The third-order valence-corrected chi connectivity index (χ3v) is 3.41. The van der Waals surface area contributed by atoms with Crippen molar-refractivity contribution in [3.63, 3.8) is 0 Å². The predicted molar refractivity (Wildman–Crippen MR) is 82.3 cm³/mol. The van der Waals surface area contributed by atoms with E-state index in [1.807, 2.05) is 26.0 Å². The molecule has 0 bridgehead atoms. The molecule has 2 N–H and O–H groups in total. The molecule has 0 aliphatic carbocycles. The topological polar surface area (TPSA) is 66.4 Å². The minimum absolute atomic E-state index is 0.0738. The van der Waals surface area contributed by atoms with Gasteiger partial charge in [0.05, 0.1) is 16.3 Å². The highest BCUT2D eigenvalue weighted by Crippen LogP contribution is 2.24. The first-order chi connectivity index (χ1) is 9.88. The summed E-state index contributed by atoms with van der Waals surface area (Å²) in [5.41, 5.74) is 2.86. The maximum absolute atomic E-state index is 12.3. The molecule has 0 aliphatic rings. The maximum atomic E-state index is 12.3. The zero-order chi connectivity index (χ0) is 15.6. The molecule has 0 radical (unpaired) electrons. The lowest BCUT2D eigenvalue weighted by atomic mass is 10.0. The molecular formula is C16H14ClNO3. The smallest absolute Gasteiger partial charge is 0.335 e. The van der Waals surface area contributed by atoms with Crippen molar-refractivity contribution >= 4 is 29.2 Å². The largest absolute Gasteiger partial charge is 0.478 e. The second kappa shape index (κ2) is 5.97. The van der Waals surface area contributed by atoms with Crippen LogP contribution in [0, 0.1) is 13.8 Å². The molecule has 0 saturated carbocycles. The van der Waals surface area contributed by atoms with Gasteiger partial charge in [-0.15, -0.1) is 0 Å². The number of hydrogen-bond acceptors (Lipinski definition) is 2. The summed E-state index contributed by atoms with van der Waals surface area (Å²) in [6.45, 7) is 3.76. The molecule has 0 spiro atoms. The number of carboxylic acid groups (broad SMARTS) is 1. The molecule has 108 valence electrons. The van der Waals surface area contributed by atoms with Gasteiger partial charge in [-0.05, 0) is 43.7 Å². The number of aromatic carboxylic acids is 1. The van der Waals surface area contributed by atoms with Gasteiger partial charge in [-0.25, -0.2) is 4.79 Å². The standard InChI is InChI=1S/C16H14ClNO3/c1-9-3-4-10(2)12(7-9)15(19)18-14-6-5-11(16(20)21)8-13(14)17/h3-8H,1-2H3,(H,18,19)(H,20,21). The van der Waals surface area contributed by atoms with Crippen LogP contribution in [0.5, 0.6) is 0 Å². The van der Waals surface area contributed by atoms with Gasteiger partial charge in [-0.1, -0.05) is 29.3 Å². The van der Waals surface area contributed by atoms with E-state index in [0.717, 1.165) is 11.1 Å². The fourth-order valence-corrected chi connectivity index (χ4v) is 2.15. The van der Waals surface area contributed by atoms with Crippen LogP contribution in [0.1, 0.15) is 31.8 Å². The summed E-state index contributed by atoms with van der Waals surface area (Å²) in [6, 6.07) is 9.79. The Morgan fingerprint density at radius 3 is 2.43 bits per heavy atom. The number of hydrogen-bond donors (Lipinski definition) is 2. The van der Waals surface area contributed by atoms with E-state index in [-0.39, 0.29) is 16.5 Å². The van der Waals surface area contributed by atoms with Crippen molar-refractivity contribution in [2.24, 2.45) is 0 Å². The van der Waals surface area contributed by atoms with Gasteiger partial charge in [0.15, 0.2) is 0 Å². The van der Waals surface area contributed by atoms with E-state index in [1.165, 1.54) is 18.2 Å². The Morgan fingerprint density at radius 2 is 1.81 bits per heavy atom. The SMILES string of the molecule is Cc1ccc(C)c(C(=O)Nc2ccc(C(=O)O)cc2Cl)c1. The Labute approximate surface area is 127 Å². The summed E-state index contributed by atoms with van der Waals surface area (Å²) in [5, 5.41) is 11.8. The van der Waals surface area contributed by atoms with E-state index in [2.05, 4.69) is 5.32 Å². The van der Waals surface area contributed by atoms with Crippen LogP contribution in [-0.4, -0.2) is 17.0 Å². The number of benzene rings is 2. The molecule has 0 unspecified atom stereocenters. The van der Waals surface area contributed by atoms with E-state index in [1.54, 1.807) is 6.07 Å². The van der Waals surface area contributed by atoms with E-state index >= 15 is 0 Å². The van der Waals surface area contributed by atoms with Crippen molar-refractivity contribution in [2.75, 3.05) is 5.32 Å². The lowest BCUT2D eigenvalue weighted by Crippen LogP contribution is -2.14. The molecule has 0 fully saturated rings. The number of anilines is 1. The van der Waals surface area contributed by atoms with Gasteiger partial charge in [0.1, 0.15) is 0 Å². The summed E-state index contributed by atoms with van der Waals surface area (Å²) in [4.78, 5) is 23.1. The van der Waals surface area contributed by atoms with Gasteiger partial charge in [-0.2, -0.15) is 0 Å². The Balaban J connectivity index is 2.27. The molecule has 0 atom stereocenters. The number of carbonyl (C=O) groups is 2. The average molecular weight is 304 g/mol. The Bertz CT molecular complexity index is 725. The van der Waals surface area contributed by atoms with Crippen molar-refractivity contribution in [1.82, 2.24) is 0 Å². The predicted octanol–water partition coefficient (Wildman–Crippen LogP) is 3.91. The molecule has 2 aromatic rings. The molecule has 2 rings (SSSR count). The molecule has 2 aromatic carbocycles. The Hall–Kier alpha value is -2.33. The van der Waals surface area contributed by atoms with Crippen molar-refractivity contribution in [1.29, 1.82) is 0 Å². The van der Waals surface area contributed by atoms with Gasteiger partial charge >= 0.3 is 5.97 Å². The fourth-order valence-electron chi connectivity index (χ4n) is 1.92. The fraction of sp³-hybridized carbons (Fsp3) is 0.125. The number of nitrogens with one attached hydrogen (secondary N) is 1. The molecule has 0 saturated heterocycles. The van der Waals surface area contributed by atoms with Crippen LogP contribution in [0.25, 0.3) is 0 Å². The number of rotatable bonds is 3. The number of amides is 1. The van der Waals surface area contributed by atoms with Crippen molar-refractivity contribution in [3.05, 3.63) is 63.7 Å². The highest BCUT2D eigenvalue weighted by atomic mass is 35.5. The van der Waals surface area contributed by atoms with Crippen LogP contribution in [0.2, 0.25) is 5.02 Å². The number of aryl methyl sites for hydroxylation is 2. The summed E-state index contributed by atoms with van der Waals surface area (Å²) in [6.07, 6.45) is 0. The summed E-state index contributed by atoms with van der Waals surface area (Å²) >= 11 is 6.00. The normalized spacial score (nSPS) is 10.2. The first kappa shape index (κ1) is 15.1. The molecule has 21 heavy (non-hydrogen) atoms. The van der Waals surface area contributed by atoms with Crippen molar-refractivity contribution < 1.29 is 14.7 Å². The molecule has 1 amide bonds. The molecular weight excluding hydrogens is 290 g/mol. The molecule has 5 heteroatoms. The van der Waals surface area contributed by atoms with Gasteiger partial charge in [0.25, 0.3) is 5.91 Å². The Morgan fingerprint density at radius 1 is 1.10 bits per heavy atom. The van der Waals surface area contributed by atoms with Gasteiger partial charge < -0.3 is 10.4 Å². The first-order valence-corrected chi connectivity index (χ1v) is 6.67. The molecule has 0 aromatic heterocycles. The zero-order valence-corrected chi connectivity index (χ0v) is 12.4. The van der Waals surface area contributed by atoms with Gasteiger partial charge in [0.2, 0.25) is 0 Å². The third kappa shape index (κ3) is 3.41. The molecule has 0 aliphatic heterocycles. The zero-order valence-electron chi connectivity index (χ0n) is 11.6. The van der Waals surface area contributed by atoms with Crippen LogP contribution >= 0.6 is 11.6 Å². The first-order valence-electron chi connectivity index (χ1n) is 6.30. The van der Waals surface area contributed by atoms with Gasteiger partial charge in [0, 0.05) is 5.56 Å². The van der Waals surface area contributed by atoms with Crippen LogP contribution in [0.3, 0.4) is 0 Å². The summed E-state index contributed by atoms with van der Waals surface area (Å²) in [5.74, 6) is -1.34. The maximum Gasteiger partial charge on any atom is 0.335 e. The minimum Gasteiger partial charge on any atom is -0.478 e. The second-order valence-electron chi connectivity index (χ2n) is 4.77. The second-order valence-corrected chi connectivity index (χ2v) is 5.18. The number of carboxylic acids is 1. The number of carbonyl (C=O) groups excluding carboxylic acids is 1. The van der Waals surface area contributed by atoms with Crippen molar-refractivity contribution in [3.8, 4) is 0 Å². The highest BCUT2D eigenvalue weighted by Gasteiger charge is 2.13. The van der Waals surface area contributed by atoms with Crippen molar-refractivity contribution in [2.45, 2.75) is 13.8 Å². The summed E-state index contributed by atoms with van der Waals surface area (Å²) in [7, 11) is 0. The highest BCUT2D eigenvalue weighted by molar-refractivity contribution is 6.34. The minimum atomic E-state index is -1.07. The third-order valence-electron chi connectivity index (χ3n) is 3.10. The van der Waals surface area contributed by atoms with Gasteiger partial charge in [-0.3, -0.25) is 4.79 Å². The lowest BCUT2D eigenvalue weighted by molar-refractivity contribution is 0.0696. The van der Waals surface area contributed by atoms with E-state index in [9.17, 15) is 9.59 Å². The average Bonchev–Trinajstić information content (AvgIpc) is 2.43. The number of halogens is 1. The summed E-state index contributed by atoms with van der Waals surface area (Å²) < 4.78 is 0.